The second-order valence-corrected chi connectivity index (χ2v) is 4.45. The van der Waals surface area contributed by atoms with Crippen molar-refractivity contribution >= 4 is 22.6 Å². The van der Waals surface area contributed by atoms with Crippen molar-refractivity contribution < 1.29 is 17.6 Å². The maximum Gasteiger partial charge on any atom is 0.186 e. The number of halogens is 5. The van der Waals surface area contributed by atoms with Crippen molar-refractivity contribution in [3.8, 4) is 5.69 Å². The highest BCUT2D eigenvalue weighted by molar-refractivity contribution is 6.17. The Kier molecular flexibility index (Phi) is 3.29. The Balaban J connectivity index is 2.46. The first-order chi connectivity index (χ1) is 10.0. The van der Waals surface area contributed by atoms with Gasteiger partial charge in [-0.1, -0.05) is 0 Å². The quantitative estimate of drug-likeness (QED) is 0.410. The standard InChI is InChI=1S/C13H6ClF4N3/c14-4-10-20-8-5-19-2-1-9(8)21(10)13-11(17)6(15)3-7(16)12(13)18/h1-3,5H,4H2. The molecule has 21 heavy (non-hydrogen) atoms. The van der Waals surface area contributed by atoms with Gasteiger partial charge in [-0.15, -0.1) is 11.6 Å². The summed E-state index contributed by atoms with van der Waals surface area (Å²) in [6.07, 6.45) is 2.72. The van der Waals surface area contributed by atoms with E-state index in [1.165, 1.54) is 18.5 Å². The third-order valence-electron chi connectivity index (χ3n) is 2.96. The molecule has 108 valence electrons. The van der Waals surface area contributed by atoms with Gasteiger partial charge < -0.3 is 0 Å². The minimum absolute atomic E-state index is 0.0440. The van der Waals surface area contributed by atoms with Crippen molar-refractivity contribution in [2.24, 2.45) is 0 Å². The van der Waals surface area contributed by atoms with Crippen molar-refractivity contribution in [2.45, 2.75) is 5.88 Å². The number of aromatic nitrogens is 3. The van der Waals surface area contributed by atoms with Crippen LogP contribution < -0.4 is 0 Å². The molecule has 0 fully saturated rings. The Hall–Kier alpha value is -2.15. The fraction of sp³-hybridized carbons (Fsp3) is 0.0769. The van der Waals surface area contributed by atoms with Gasteiger partial charge in [-0.25, -0.2) is 22.5 Å². The predicted octanol–water partition coefficient (Wildman–Crippen LogP) is 3.72. The van der Waals surface area contributed by atoms with E-state index in [2.05, 4.69) is 9.97 Å². The van der Waals surface area contributed by atoms with E-state index < -0.39 is 29.0 Å². The number of rotatable bonds is 2. The Labute approximate surface area is 120 Å². The summed E-state index contributed by atoms with van der Waals surface area (Å²) >= 11 is 5.70. The van der Waals surface area contributed by atoms with Gasteiger partial charge in [0.15, 0.2) is 23.3 Å². The van der Waals surface area contributed by atoms with Crippen LogP contribution in [0.3, 0.4) is 0 Å². The van der Waals surface area contributed by atoms with Gasteiger partial charge >= 0.3 is 0 Å². The summed E-state index contributed by atoms with van der Waals surface area (Å²) in [6.45, 7) is 0. The number of hydrogen-bond acceptors (Lipinski definition) is 2. The normalized spacial score (nSPS) is 11.3. The molecule has 0 aliphatic carbocycles. The second kappa shape index (κ2) is 5.00. The lowest BCUT2D eigenvalue weighted by atomic mass is 10.2. The third kappa shape index (κ3) is 2.04. The number of imidazole rings is 1. The molecule has 1 aromatic carbocycles. The van der Waals surface area contributed by atoms with Gasteiger partial charge in [0, 0.05) is 12.3 Å². The zero-order chi connectivity index (χ0) is 15.1. The number of alkyl halides is 1. The van der Waals surface area contributed by atoms with Gasteiger partial charge in [0.2, 0.25) is 0 Å². The van der Waals surface area contributed by atoms with Crippen LogP contribution in [-0.2, 0) is 5.88 Å². The predicted molar refractivity (Wildman–Crippen MR) is 68.3 cm³/mol. The monoisotopic (exact) mass is 315 g/mol. The van der Waals surface area contributed by atoms with Gasteiger partial charge in [-0.05, 0) is 6.07 Å². The summed E-state index contributed by atoms with van der Waals surface area (Å²) in [5, 5.41) is 0. The molecule has 0 spiro atoms. The maximum atomic E-state index is 14.0. The average Bonchev–Trinajstić information content (AvgIpc) is 2.84. The fourth-order valence-corrected chi connectivity index (χ4v) is 2.26. The van der Waals surface area contributed by atoms with E-state index in [0.717, 1.165) is 4.57 Å². The van der Waals surface area contributed by atoms with Crippen LogP contribution in [0.2, 0.25) is 0 Å². The zero-order valence-corrected chi connectivity index (χ0v) is 11.0. The first-order valence-electron chi connectivity index (χ1n) is 5.75. The summed E-state index contributed by atoms with van der Waals surface area (Å²) in [4.78, 5) is 7.86. The SMILES string of the molecule is Fc1cc(F)c(F)c(-n2c(CCl)nc3cnccc32)c1F. The molecule has 0 atom stereocenters. The minimum atomic E-state index is -1.52. The molecule has 8 heteroatoms. The molecule has 2 aromatic heterocycles. The van der Waals surface area contributed by atoms with Crippen LogP contribution in [0.25, 0.3) is 16.7 Å². The van der Waals surface area contributed by atoms with Crippen molar-refractivity contribution in [1.82, 2.24) is 14.5 Å². The number of benzene rings is 1. The van der Waals surface area contributed by atoms with Crippen LogP contribution in [0.15, 0.2) is 24.5 Å². The van der Waals surface area contributed by atoms with Gasteiger partial charge in [0.1, 0.15) is 17.0 Å². The largest absolute Gasteiger partial charge is 0.289 e. The molecule has 0 N–H and O–H groups in total. The van der Waals surface area contributed by atoms with Crippen molar-refractivity contribution in [3.05, 3.63) is 53.6 Å². The number of fused-ring (bicyclic) bond motifs is 1. The van der Waals surface area contributed by atoms with Crippen LogP contribution in [0.1, 0.15) is 5.82 Å². The molecule has 3 aromatic rings. The highest BCUT2D eigenvalue weighted by atomic mass is 35.5. The summed E-state index contributed by atoms with van der Waals surface area (Å²) in [7, 11) is 0. The van der Waals surface area contributed by atoms with Gasteiger partial charge in [0.25, 0.3) is 0 Å². The molecular weight excluding hydrogens is 310 g/mol. The van der Waals surface area contributed by atoms with Crippen LogP contribution in [0.5, 0.6) is 0 Å². The summed E-state index contributed by atoms with van der Waals surface area (Å²) < 4.78 is 55.6. The molecule has 0 saturated heterocycles. The van der Waals surface area contributed by atoms with Gasteiger partial charge in [0.05, 0.1) is 17.6 Å². The van der Waals surface area contributed by atoms with E-state index >= 15 is 0 Å². The van der Waals surface area contributed by atoms with Crippen LogP contribution >= 0.6 is 11.6 Å². The summed E-state index contributed by atoms with van der Waals surface area (Å²) in [5.74, 6) is -6.19. The molecule has 3 nitrogen and oxygen atoms in total. The lowest BCUT2D eigenvalue weighted by Crippen LogP contribution is -2.09. The van der Waals surface area contributed by atoms with E-state index in [-0.39, 0.29) is 23.3 Å². The number of pyridine rings is 1. The van der Waals surface area contributed by atoms with E-state index in [1.807, 2.05) is 0 Å². The molecule has 0 aliphatic rings. The molecule has 0 amide bonds. The average molecular weight is 316 g/mol. The topological polar surface area (TPSA) is 30.7 Å². The highest BCUT2D eigenvalue weighted by Crippen LogP contribution is 2.28. The smallest absolute Gasteiger partial charge is 0.186 e. The highest BCUT2D eigenvalue weighted by Gasteiger charge is 2.24. The Morgan fingerprint density at radius 2 is 1.76 bits per heavy atom. The Morgan fingerprint density at radius 3 is 2.38 bits per heavy atom. The van der Waals surface area contributed by atoms with Crippen LogP contribution in [0, 0.1) is 23.3 Å². The molecule has 0 radical (unpaired) electrons. The Morgan fingerprint density at radius 1 is 1.10 bits per heavy atom. The van der Waals surface area contributed by atoms with Gasteiger partial charge in [-0.2, -0.15) is 0 Å². The second-order valence-electron chi connectivity index (χ2n) is 4.18. The molecular formula is C13H6ClF4N3. The lowest BCUT2D eigenvalue weighted by molar-refractivity contribution is 0.448. The summed E-state index contributed by atoms with van der Waals surface area (Å²) in [6, 6.07) is 1.56. The maximum absolute atomic E-state index is 14.0. The van der Waals surface area contributed by atoms with Crippen molar-refractivity contribution in [2.75, 3.05) is 0 Å². The lowest BCUT2D eigenvalue weighted by Gasteiger charge is -2.11. The van der Waals surface area contributed by atoms with Crippen LogP contribution in [0.4, 0.5) is 17.6 Å². The molecule has 0 bridgehead atoms. The van der Waals surface area contributed by atoms with Crippen molar-refractivity contribution in [3.63, 3.8) is 0 Å². The molecule has 0 unspecified atom stereocenters. The minimum Gasteiger partial charge on any atom is -0.289 e. The zero-order valence-electron chi connectivity index (χ0n) is 10.2. The van der Waals surface area contributed by atoms with E-state index in [4.69, 9.17) is 11.6 Å². The van der Waals surface area contributed by atoms with E-state index in [0.29, 0.717) is 5.52 Å². The Bertz CT molecular complexity index is 821. The first-order valence-corrected chi connectivity index (χ1v) is 6.28. The van der Waals surface area contributed by atoms with Crippen molar-refractivity contribution in [1.29, 1.82) is 0 Å². The van der Waals surface area contributed by atoms with Crippen LogP contribution in [-0.4, -0.2) is 14.5 Å². The molecule has 3 rings (SSSR count). The number of nitrogens with zero attached hydrogens (tertiary/aromatic N) is 3. The first kappa shape index (κ1) is 13.8. The van der Waals surface area contributed by atoms with Gasteiger partial charge in [-0.3, -0.25) is 9.55 Å². The molecule has 2 heterocycles. The molecule has 0 aliphatic heterocycles. The molecule has 0 saturated carbocycles. The number of hydrogen-bond donors (Lipinski definition) is 0. The fourth-order valence-electron chi connectivity index (χ4n) is 2.08. The van der Waals surface area contributed by atoms with E-state index in [1.54, 1.807) is 0 Å². The summed E-state index contributed by atoms with van der Waals surface area (Å²) in [5.41, 5.74) is -0.350. The third-order valence-corrected chi connectivity index (χ3v) is 3.20. The van der Waals surface area contributed by atoms with E-state index in [9.17, 15) is 17.6 Å².